The van der Waals surface area contributed by atoms with Crippen molar-refractivity contribution in [3.8, 4) is 0 Å². The standard InChI is InChI=1S/C13H25BrO/c1-2-3-4-5-6-7-8-9-10-11-13(14)12-15/h11,15H,2-10,12H2,1H3/b13-11+. The van der Waals surface area contributed by atoms with E-state index >= 15 is 0 Å². The van der Waals surface area contributed by atoms with Crippen LogP contribution in [0.5, 0.6) is 0 Å². The molecule has 90 valence electrons. The first-order chi connectivity index (χ1) is 7.31. The highest BCUT2D eigenvalue weighted by Crippen LogP contribution is 2.11. The minimum Gasteiger partial charge on any atom is -0.391 e. The summed E-state index contributed by atoms with van der Waals surface area (Å²) in [5.74, 6) is 0. The molecule has 0 aromatic heterocycles. The van der Waals surface area contributed by atoms with Crippen LogP contribution >= 0.6 is 15.9 Å². The van der Waals surface area contributed by atoms with Crippen LogP contribution in [0.4, 0.5) is 0 Å². The van der Waals surface area contributed by atoms with Gasteiger partial charge in [-0.05, 0) is 12.8 Å². The highest BCUT2D eigenvalue weighted by atomic mass is 79.9. The molecule has 0 atom stereocenters. The molecule has 0 amide bonds. The van der Waals surface area contributed by atoms with Crippen LogP contribution < -0.4 is 0 Å². The summed E-state index contributed by atoms with van der Waals surface area (Å²) in [5, 5.41) is 8.74. The molecule has 0 aliphatic rings. The van der Waals surface area contributed by atoms with Crippen LogP contribution in [0.15, 0.2) is 10.6 Å². The maximum Gasteiger partial charge on any atom is 0.0743 e. The van der Waals surface area contributed by atoms with Crippen molar-refractivity contribution >= 4 is 15.9 Å². The molecule has 0 saturated carbocycles. The molecule has 0 aliphatic carbocycles. The van der Waals surface area contributed by atoms with E-state index in [0.29, 0.717) is 0 Å². The van der Waals surface area contributed by atoms with Crippen molar-refractivity contribution in [3.05, 3.63) is 10.6 Å². The first-order valence-electron chi connectivity index (χ1n) is 6.26. The molecule has 0 spiro atoms. The van der Waals surface area contributed by atoms with Crippen molar-refractivity contribution in [3.63, 3.8) is 0 Å². The molecule has 0 unspecified atom stereocenters. The predicted molar refractivity (Wildman–Crippen MR) is 71.3 cm³/mol. The van der Waals surface area contributed by atoms with Gasteiger partial charge in [-0.3, -0.25) is 0 Å². The molecule has 0 rings (SSSR count). The van der Waals surface area contributed by atoms with Crippen LogP contribution in [0, 0.1) is 0 Å². The van der Waals surface area contributed by atoms with Crippen molar-refractivity contribution in [1.29, 1.82) is 0 Å². The average molecular weight is 277 g/mol. The van der Waals surface area contributed by atoms with Gasteiger partial charge in [0.15, 0.2) is 0 Å². The van der Waals surface area contributed by atoms with E-state index in [-0.39, 0.29) is 6.61 Å². The second kappa shape index (κ2) is 12.3. The fourth-order valence-corrected chi connectivity index (χ4v) is 1.83. The number of aliphatic hydroxyl groups excluding tert-OH is 1. The van der Waals surface area contributed by atoms with Crippen LogP contribution in [0.25, 0.3) is 0 Å². The summed E-state index contributed by atoms with van der Waals surface area (Å²) in [6, 6.07) is 0. The molecule has 0 aromatic rings. The number of rotatable bonds is 10. The molecule has 1 N–H and O–H groups in total. The number of halogens is 1. The maximum absolute atomic E-state index is 8.74. The summed E-state index contributed by atoms with van der Waals surface area (Å²) < 4.78 is 0.922. The molecule has 1 nitrogen and oxygen atoms in total. The third-order valence-corrected chi connectivity index (χ3v) is 3.15. The van der Waals surface area contributed by atoms with Gasteiger partial charge >= 0.3 is 0 Å². The van der Waals surface area contributed by atoms with Crippen LogP contribution in [0.2, 0.25) is 0 Å². The fourth-order valence-electron chi connectivity index (χ4n) is 1.60. The molecule has 0 aromatic carbocycles. The Labute approximate surface area is 103 Å². The molecular weight excluding hydrogens is 252 g/mol. The summed E-state index contributed by atoms with van der Waals surface area (Å²) in [4.78, 5) is 0. The van der Waals surface area contributed by atoms with Gasteiger partial charge in [0.05, 0.1) is 6.61 Å². The van der Waals surface area contributed by atoms with E-state index in [1.54, 1.807) is 0 Å². The lowest BCUT2D eigenvalue weighted by Crippen LogP contribution is -1.82. The van der Waals surface area contributed by atoms with Crippen LogP contribution in [0.1, 0.15) is 64.7 Å². The molecule has 0 aliphatic heterocycles. The van der Waals surface area contributed by atoms with Crippen LogP contribution in [-0.4, -0.2) is 11.7 Å². The normalized spacial score (nSPS) is 12.1. The summed E-state index contributed by atoms with van der Waals surface area (Å²) in [6.07, 6.45) is 14.1. The number of hydrogen-bond donors (Lipinski definition) is 1. The lowest BCUT2D eigenvalue weighted by molar-refractivity contribution is 0.339. The van der Waals surface area contributed by atoms with E-state index in [9.17, 15) is 0 Å². The Morgan fingerprint density at radius 3 is 2.07 bits per heavy atom. The van der Waals surface area contributed by atoms with Crippen molar-refractivity contribution in [2.45, 2.75) is 64.7 Å². The summed E-state index contributed by atoms with van der Waals surface area (Å²) in [6.45, 7) is 2.39. The zero-order chi connectivity index (χ0) is 11.4. The SMILES string of the molecule is CCCCCCCCCC/C=C(/Br)CO. The lowest BCUT2D eigenvalue weighted by Gasteiger charge is -2.00. The Kier molecular flexibility index (Phi) is 12.4. The Hall–Kier alpha value is 0.180. The van der Waals surface area contributed by atoms with Gasteiger partial charge < -0.3 is 5.11 Å². The largest absolute Gasteiger partial charge is 0.391 e. The fraction of sp³-hybridized carbons (Fsp3) is 0.846. The summed E-state index contributed by atoms with van der Waals surface area (Å²) in [7, 11) is 0. The van der Waals surface area contributed by atoms with Crippen molar-refractivity contribution < 1.29 is 5.11 Å². The van der Waals surface area contributed by atoms with E-state index in [4.69, 9.17) is 5.11 Å². The van der Waals surface area contributed by atoms with Crippen LogP contribution in [0.3, 0.4) is 0 Å². The number of aliphatic hydroxyl groups is 1. The van der Waals surface area contributed by atoms with Crippen molar-refractivity contribution in [2.24, 2.45) is 0 Å². The molecule has 2 heteroatoms. The molecule has 0 heterocycles. The minimum absolute atomic E-state index is 0.136. The van der Waals surface area contributed by atoms with Gasteiger partial charge in [-0.15, -0.1) is 0 Å². The van der Waals surface area contributed by atoms with Gasteiger partial charge in [0.2, 0.25) is 0 Å². The van der Waals surface area contributed by atoms with Gasteiger partial charge in [0, 0.05) is 4.48 Å². The van der Waals surface area contributed by atoms with Gasteiger partial charge in [-0.25, -0.2) is 0 Å². The molecule has 0 saturated heterocycles. The number of allylic oxidation sites excluding steroid dienone is 1. The molecule has 15 heavy (non-hydrogen) atoms. The Balaban J connectivity index is 3.05. The van der Waals surface area contributed by atoms with Gasteiger partial charge in [0.25, 0.3) is 0 Å². The van der Waals surface area contributed by atoms with Crippen LogP contribution in [-0.2, 0) is 0 Å². The van der Waals surface area contributed by atoms with E-state index in [2.05, 4.69) is 28.9 Å². The smallest absolute Gasteiger partial charge is 0.0743 e. The summed E-state index contributed by atoms with van der Waals surface area (Å²) >= 11 is 3.30. The monoisotopic (exact) mass is 276 g/mol. The second-order valence-electron chi connectivity index (χ2n) is 4.07. The zero-order valence-electron chi connectivity index (χ0n) is 9.97. The van der Waals surface area contributed by atoms with Gasteiger partial charge in [0.1, 0.15) is 0 Å². The number of unbranched alkanes of at least 4 members (excludes halogenated alkanes) is 8. The predicted octanol–water partition coefficient (Wildman–Crippen LogP) is 4.79. The van der Waals surface area contributed by atoms with Crippen molar-refractivity contribution in [1.82, 2.24) is 0 Å². The zero-order valence-corrected chi connectivity index (χ0v) is 11.6. The Morgan fingerprint density at radius 2 is 1.53 bits per heavy atom. The quantitative estimate of drug-likeness (QED) is 0.569. The maximum atomic E-state index is 8.74. The third kappa shape index (κ3) is 12.1. The van der Waals surface area contributed by atoms with E-state index < -0.39 is 0 Å². The molecule has 0 bridgehead atoms. The first-order valence-corrected chi connectivity index (χ1v) is 7.06. The topological polar surface area (TPSA) is 20.2 Å². The van der Waals surface area contributed by atoms with Crippen molar-refractivity contribution in [2.75, 3.05) is 6.61 Å². The minimum atomic E-state index is 0.136. The third-order valence-electron chi connectivity index (χ3n) is 2.57. The van der Waals surface area contributed by atoms with E-state index in [1.807, 2.05) is 0 Å². The van der Waals surface area contributed by atoms with Gasteiger partial charge in [-0.2, -0.15) is 0 Å². The molecule has 0 radical (unpaired) electrons. The molecular formula is C13H25BrO. The highest BCUT2D eigenvalue weighted by Gasteiger charge is 1.91. The average Bonchev–Trinajstić information content (AvgIpc) is 2.26. The van der Waals surface area contributed by atoms with E-state index in [1.165, 1.54) is 51.4 Å². The lowest BCUT2D eigenvalue weighted by atomic mass is 10.1. The Bertz CT molecular complexity index is 155. The number of hydrogen-bond acceptors (Lipinski definition) is 1. The van der Waals surface area contributed by atoms with E-state index in [0.717, 1.165) is 10.9 Å². The molecule has 0 fully saturated rings. The first kappa shape index (κ1) is 15.2. The summed E-state index contributed by atoms with van der Waals surface area (Å²) in [5.41, 5.74) is 0. The van der Waals surface area contributed by atoms with Gasteiger partial charge in [-0.1, -0.05) is 73.9 Å². The second-order valence-corrected chi connectivity index (χ2v) is 5.09. The highest BCUT2D eigenvalue weighted by molar-refractivity contribution is 9.11. The Morgan fingerprint density at radius 1 is 1.00 bits per heavy atom.